The Morgan fingerprint density at radius 1 is 1.16 bits per heavy atom. The van der Waals surface area contributed by atoms with Gasteiger partial charge in [-0.2, -0.15) is 0 Å². The summed E-state index contributed by atoms with van der Waals surface area (Å²) in [6, 6.07) is -2.74. The van der Waals surface area contributed by atoms with Gasteiger partial charge in [-0.1, -0.05) is 0 Å². The van der Waals surface area contributed by atoms with Gasteiger partial charge in [-0.3, -0.25) is 19.2 Å². The summed E-state index contributed by atoms with van der Waals surface area (Å²) in [5.41, 5.74) is 6.45. The van der Waals surface area contributed by atoms with E-state index in [2.05, 4.69) is 25.9 Å². The van der Waals surface area contributed by atoms with Gasteiger partial charge in [-0.25, -0.2) is 4.98 Å². The number of H-pyrrole nitrogens is 1. The molecule has 1 aromatic rings. The average molecular weight is 354 g/mol. The Kier molecular flexibility index (Phi) is 7.53. The number of aromatic nitrogens is 2. The van der Waals surface area contributed by atoms with Gasteiger partial charge in [0, 0.05) is 18.3 Å². The number of carboxylic acids is 1. The fraction of sp³-hybridized carbons (Fsp3) is 0.500. The number of nitrogens with one attached hydrogen (secondary N) is 4. The van der Waals surface area contributed by atoms with Gasteiger partial charge >= 0.3 is 5.97 Å². The highest BCUT2D eigenvalue weighted by Crippen LogP contribution is 1.97. The highest BCUT2D eigenvalue weighted by atomic mass is 16.4. The molecular weight excluding hydrogens is 332 g/mol. The second kappa shape index (κ2) is 9.37. The number of hydrogen-bond acceptors (Lipinski definition) is 6. The van der Waals surface area contributed by atoms with Gasteiger partial charge in [-0.05, 0) is 13.8 Å². The maximum Gasteiger partial charge on any atom is 0.322 e. The summed E-state index contributed by atoms with van der Waals surface area (Å²) in [6.45, 7) is 2.29. The molecule has 25 heavy (non-hydrogen) atoms. The van der Waals surface area contributed by atoms with Crippen LogP contribution in [0.15, 0.2) is 12.5 Å². The van der Waals surface area contributed by atoms with Crippen LogP contribution in [0.2, 0.25) is 0 Å². The molecule has 0 aliphatic rings. The Morgan fingerprint density at radius 3 is 2.32 bits per heavy atom. The molecular formula is C14H22N6O5. The van der Waals surface area contributed by atoms with E-state index < -0.39 is 48.4 Å². The average Bonchev–Trinajstić information content (AvgIpc) is 3.04. The molecule has 3 unspecified atom stereocenters. The summed E-state index contributed by atoms with van der Waals surface area (Å²) in [5.74, 6) is -2.97. The van der Waals surface area contributed by atoms with Crippen LogP contribution in [0.4, 0.5) is 0 Å². The van der Waals surface area contributed by atoms with Crippen molar-refractivity contribution in [1.82, 2.24) is 25.9 Å². The standard InChI is InChI=1S/C14H22N6O5/c1-7(12(23)17-5-11(21)22)19-13(24)8(2)20-14(25)10(15)3-9-4-16-6-18-9/h4,6-8,10H,3,5,15H2,1-2H3,(H,16,18)(H,17,23)(H,19,24)(H,20,25)(H,21,22). The van der Waals surface area contributed by atoms with Gasteiger partial charge in [-0.15, -0.1) is 0 Å². The van der Waals surface area contributed by atoms with Crippen LogP contribution in [-0.4, -0.2) is 63.4 Å². The normalized spacial score (nSPS) is 14.0. The van der Waals surface area contributed by atoms with Crippen molar-refractivity contribution in [2.75, 3.05) is 6.54 Å². The number of carbonyl (C=O) groups is 4. The van der Waals surface area contributed by atoms with E-state index in [0.717, 1.165) is 0 Å². The topological polar surface area (TPSA) is 179 Å². The number of nitrogens with zero attached hydrogens (tertiary/aromatic N) is 1. The lowest BCUT2D eigenvalue weighted by molar-refractivity contribution is -0.138. The predicted molar refractivity (Wildman–Crippen MR) is 86.1 cm³/mol. The van der Waals surface area contributed by atoms with Crippen molar-refractivity contribution in [3.05, 3.63) is 18.2 Å². The van der Waals surface area contributed by atoms with Crippen molar-refractivity contribution in [3.8, 4) is 0 Å². The quantitative estimate of drug-likeness (QED) is 0.283. The number of nitrogens with two attached hydrogens (primary N) is 1. The number of rotatable bonds is 9. The van der Waals surface area contributed by atoms with Crippen LogP contribution >= 0.6 is 0 Å². The molecule has 11 heteroatoms. The fourth-order valence-corrected chi connectivity index (χ4v) is 1.83. The molecule has 3 amide bonds. The molecule has 138 valence electrons. The summed E-state index contributed by atoms with van der Waals surface area (Å²) in [5, 5.41) is 15.5. The monoisotopic (exact) mass is 354 g/mol. The highest BCUT2D eigenvalue weighted by Gasteiger charge is 2.23. The second-order valence-electron chi connectivity index (χ2n) is 5.46. The van der Waals surface area contributed by atoms with Crippen LogP contribution in [0.5, 0.6) is 0 Å². The van der Waals surface area contributed by atoms with E-state index in [4.69, 9.17) is 10.8 Å². The number of carboxylic acid groups (broad SMARTS) is 1. The summed E-state index contributed by atoms with van der Waals surface area (Å²) >= 11 is 0. The zero-order chi connectivity index (χ0) is 19.0. The van der Waals surface area contributed by atoms with Crippen LogP contribution in [0.3, 0.4) is 0 Å². The van der Waals surface area contributed by atoms with Crippen LogP contribution < -0.4 is 21.7 Å². The molecule has 0 bridgehead atoms. The largest absolute Gasteiger partial charge is 0.480 e. The number of imidazole rings is 1. The zero-order valence-electron chi connectivity index (χ0n) is 13.9. The van der Waals surface area contributed by atoms with Crippen molar-refractivity contribution in [1.29, 1.82) is 0 Å². The molecule has 0 aliphatic heterocycles. The first-order valence-corrected chi connectivity index (χ1v) is 7.53. The molecule has 3 atom stereocenters. The van der Waals surface area contributed by atoms with Gasteiger partial charge in [0.25, 0.3) is 0 Å². The Hall–Kier alpha value is -2.95. The van der Waals surface area contributed by atoms with E-state index in [9.17, 15) is 19.2 Å². The van der Waals surface area contributed by atoms with Crippen LogP contribution in [-0.2, 0) is 25.6 Å². The molecule has 1 aromatic heterocycles. The van der Waals surface area contributed by atoms with Crippen molar-refractivity contribution < 1.29 is 24.3 Å². The van der Waals surface area contributed by atoms with E-state index in [0.29, 0.717) is 5.69 Å². The maximum atomic E-state index is 12.0. The third-order valence-corrected chi connectivity index (χ3v) is 3.25. The number of aliphatic carboxylic acids is 1. The first-order valence-electron chi connectivity index (χ1n) is 7.53. The molecule has 0 fully saturated rings. The van der Waals surface area contributed by atoms with Crippen LogP contribution in [0.1, 0.15) is 19.5 Å². The maximum absolute atomic E-state index is 12.0. The van der Waals surface area contributed by atoms with E-state index in [-0.39, 0.29) is 6.42 Å². The van der Waals surface area contributed by atoms with Gasteiger partial charge in [0.2, 0.25) is 17.7 Å². The van der Waals surface area contributed by atoms with Crippen molar-refractivity contribution in [3.63, 3.8) is 0 Å². The van der Waals surface area contributed by atoms with E-state index in [1.807, 2.05) is 0 Å². The first kappa shape index (κ1) is 20.1. The first-order chi connectivity index (χ1) is 11.7. The number of aromatic amines is 1. The lowest BCUT2D eigenvalue weighted by Gasteiger charge is -2.19. The minimum absolute atomic E-state index is 0.230. The smallest absolute Gasteiger partial charge is 0.322 e. The fourth-order valence-electron chi connectivity index (χ4n) is 1.83. The summed E-state index contributed by atoms with van der Waals surface area (Å²) in [7, 11) is 0. The predicted octanol–water partition coefficient (Wildman–Crippen LogP) is -2.51. The van der Waals surface area contributed by atoms with Gasteiger partial charge in [0.05, 0.1) is 12.4 Å². The zero-order valence-corrected chi connectivity index (χ0v) is 13.9. The number of carbonyl (C=O) groups excluding carboxylic acids is 3. The van der Waals surface area contributed by atoms with Crippen molar-refractivity contribution in [2.24, 2.45) is 5.73 Å². The highest BCUT2D eigenvalue weighted by molar-refractivity contribution is 5.93. The molecule has 1 heterocycles. The van der Waals surface area contributed by atoms with Crippen molar-refractivity contribution in [2.45, 2.75) is 38.4 Å². The Labute approximate surface area is 143 Å². The minimum Gasteiger partial charge on any atom is -0.480 e. The summed E-state index contributed by atoms with van der Waals surface area (Å²) in [6.07, 6.45) is 3.24. The Bertz CT molecular complexity index is 617. The third kappa shape index (κ3) is 6.99. The van der Waals surface area contributed by atoms with Gasteiger partial charge in [0.1, 0.15) is 18.6 Å². The molecule has 0 aromatic carbocycles. The molecule has 0 spiro atoms. The third-order valence-electron chi connectivity index (χ3n) is 3.25. The SMILES string of the molecule is CC(NC(=O)C(N)Cc1cnc[nH]1)C(=O)NC(C)C(=O)NCC(=O)O. The van der Waals surface area contributed by atoms with E-state index >= 15 is 0 Å². The molecule has 0 radical (unpaired) electrons. The molecule has 1 rings (SSSR count). The Morgan fingerprint density at radius 2 is 1.76 bits per heavy atom. The molecule has 0 aliphatic carbocycles. The lowest BCUT2D eigenvalue weighted by Crippen LogP contribution is -2.54. The Balaban J connectivity index is 2.43. The molecule has 0 saturated carbocycles. The van der Waals surface area contributed by atoms with Crippen LogP contribution in [0.25, 0.3) is 0 Å². The van der Waals surface area contributed by atoms with Crippen molar-refractivity contribution >= 4 is 23.7 Å². The molecule has 7 N–H and O–H groups in total. The molecule has 0 saturated heterocycles. The molecule has 11 nitrogen and oxygen atoms in total. The number of amides is 3. The summed E-state index contributed by atoms with van der Waals surface area (Å²) in [4.78, 5) is 52.6. The van der Waals surface area contributed by atoms with Gasteiger partial charge in [0.15, 0.2) is 0 Å². The number of hydrogen-bond donors (Lipinski definition) is 6. The van der Waals surface area contributed by atoms with E-state index in [1.54, 1.807) is 6.20 Å². The lowest BCUT2D eigenvalue weighted by atomic mass is 10.1. The van der Waals surface area contributed by atoms with E-state index in [1.165, 1.54) is 20.2 Å². The minimum atomic E-state index is -1.20. The van der Waals surface area contributed by atoms with Gasteiger partial charge < -0.3 is 31.8 Å². The van der Waals surface area contributed by atoms with Crippen LogP contribution in [0, 0.1) is 0 Å². The summed E-state index contributed by atoms with van der Waals surface area (Å²) < 4.78 is 0. The second-order valence-corrected chi connectivity index (χ2v) is 5.46.